The Morgan fingerprint density at radius 3 is 2.76 bits per heavy atom. The number of amides is 2. The van der Waals surface area contributed by atoms with E-state index in [2.05, 4.69) is 15.6 Å². The molecule has 0 saturated heterocycles. The lowest BCUT2D eigenvalue weighted by Crippen LogP contribution is -2.33. The number of methoxy groups -OCH3 is 1. The largest absolute Gasteiger partial charge is 0.383 e. The molecule has 2 amide bonds. The first-order chi connectivity index (χ1) is 13.9. The fraction of sp³-hybridized carbons (Fsp3) is 0.333. The van der Waals surface area contributed by atoms with E-state index in [4.69, 9.17) is 9.47 Å². The van der Waals surface area contributed by atoms with Crippen molar-refractivity contribution in [1.29, 1.82) is 0 Å². The van der Waals surface area contributed by atoms with E-state index in [1.54, 1.807) is 6.92 Å². The Kier molecular flexibility index (Phi) is 7.80. The summed E-state index contributed by atoms with van der Waals surface area (Å²) in [4.78, 5) is 49.1. The maximum atomic E-state index is 14.4. The standard InChI is InChI=1S/C18H21FN4O6/c1-3-29-15(10-24)12-9-23(18(27)22-16(12)25)11-4-5-14(13(19)8-11)21-17(26)20-6-7-28-2/h4-5,8-10,15H,3,6-7H2,1-2H3,(H2,20,21,26)(H,22,25,27). The Balaban J connectivity index is 2.32. The van der Waals surface area contributed by atoms with Crippen LogP contribution in [0.2, 0.25) is 0 Å². The molecule has 0 aliphatic rings. The molecule has 1 aromatic carbocycles. The predicted octanol–water partition coefficient (Wildman–Crippen LogP) is 0.709. The molecular weight excluding hydrogens is 387 g/mol. The van der Waals surface area contributed by atoms with Gasteiger partial charge >= 0.3 is 11.7 Å². The van der Waals surface area contributed by atoms with Gasteiger partial charge in [-0.2, -0.15) is 0 Å². The first-order valence-corrected chi connectivity index (χ1v) is 8.67. The predicted molar refractivity (Wildman–Crippen MR) is 102 cm³/mol. The molecule has 10 nitrogen and oxygen atoms in total. The van der Waals surface area contributed by atoms with Crippen LogP contribution in [0, 0.1) is 5.82 Å². The topological polar surface area (TPSA) is 132 Å². The quantitative estimate of drug-likeness (QED) is 0.414. The number of rotatable bonds is 9. The summed E-state index contributed by atoms with van der Waals surface area (Å²) in [5.41, 5.74) is -1.72. The van der Waals surface area contributed by atoms with E-state index in [1.165, 1.54) is 19.2 Å². The van der Waals surface area contributed by atoms with Crippen molar-refractivity contribution in [2.24, 2.45) is 0 Å². The number of halogens is 1. The molecule has 29 heavy (non-hydrogen) atoms. The Labute approximate surface area is 164 Å². The van der Waals surface area contributed by atoms with Gasteiger partial charge in [0, 0.05) is 32.5 Å². The van der Waals surface area contributed by atoms with E-state index in [0.717, 1.165) is 16.8 Å². The number of urea groups is 1. The highest BCUT2D eigenvalue weighted by Gasteiger charge is 2.17. The zero-order valence-electron chi connectivity index (χ0n) is 15.9. The van der Waals surface area contributed by atoms with Crippen molar-refractivity contribution in [3.05, 3.63) is 56.6 Å². The molecule has 3 N–H and O–H groups in total. The number of anilines is 1. The molecule has 0 saturated carbocycles. The van der Waals surface area contributed by atoms with Gasteiger partial charge in [-0.3, -0.25) is 14.3 Å². The van der Waals surface area contributed by atoms with Gasteiger partial charge in [-0.15, -0.1) is 0 Å². The summed E-state index contributed by atoms with van der Waals surface area (Å²) in [6.45, 7) is 2.36. The molecule has 11 heteroatoms. The van der Waals surface area contributed by atoms with E-state index in [9.17, 15) is 23.6 Å². The summed E-state index contributed by atoms with van der Waals surface area (Å²) in [6, 6.07) is 3.01. The molecule has 0 aliphatic heterocycles. The Bertz CT molecular complexity index is 987. The lowest BCUT2D eigenvalue weighted by atomic mass is 10.2. The van der Waals surface area contributed by atoms with Gasteiger partial charge in [0.05, 0.1) is 23.5 Å². The number of carbonyl (C=O) groups is 2. The van der Waals surface area contributed by atoms with Crippen molar-refractivity contribution in [3.8, 4) is 5.69 Å². The molecule has 1 aromatic heterocycles. The van der Waals surface area contributed by atoms with Crippen molar-refractivity contribution in [3.63, 3.8) is 0 Å². The van der Waals surface area contributed by atoms with Crippen LogP contribution >= 0.6 is 0 Å². The van der Waals surface area contributed by atoms with Gasteiger partial charge in [-0.25, -0.2) is 14.0 Å². The van der Waals surface area contributed by atoms with Gasteiger partial charge in [0.15, 0.2) is 6.29 Å². The highest BCUT2D eigenvalue weighted by Crippen LogP contribution is 2.18. The first-order valence-electron chi connectivity index (χ1n) is 8.67. The molecule has 0 radical (unpaired) electrons. The maximum Gasteiger partial charge on any atom is 0.332 e. The van der Waals surface area contributed by atoms with E-state index in [1.807, 2.05) is 0 Å². The normalized spacial score (nSPS) is 11.7. The minimum absolute atomic E-state index is 0.0801. The third-order valence-electron chi connectivity index (χ3n) is 3.82. The summed E-state index contributed by atoms with van der Waals surface area (Å²) in [6.07, 6.45) is 0.380. The number of aldehydes is 1. The summed E-state index contributed by atoms with van der Waals surface area (Å²) in [7, 11) is 1.48. The van der Waals surface area contributed by atoms with Gasteiger partial charge in [-0.05, 0) is 19.1 Å². The SMILES string of the molecule is CCOC(C=O)c1cn(-c2ccc(NC(=O)NCCOC)c(F)c2)c(=O)[nH]c1=O. The highest BCUT2D eigenvalue weighted by molar-refractivity contribution is 5.89. The second-order valence-electron chi connectivity index (χ2n) is 5.76. The van der Waals surface area contributed by atoms with Gasteiger partial charge in [0.25, 0.3) is 5.56 Å². The van der Waals surface area contributed by atoms with Crippen LogP contribution in [0.5, 0.6) is 0 Å². The summed E-state index contributed by atoms with van der Waals surface area (Å²) < 4.78 is 25.3. The lowest BCUT2D eigenvalue weighted by Gasteiger charge is -2.13. The highest BCUT2D eigenvalue weighted by atomic mass is 19.1. The zero-order chi connectivity index (χ0) is 21.4. The average Bonchev–Trinajstić information content (AvgIpc) is 2.68. The van der Waals surface area contributed by atoms with Crippen molar-refractivity contribution >= 4 is 18.0 Å². The van der Waals surface area contributed by atoms with Gasteiger partial charge in [0.2, 0.25) is 0 Å². The summed E-state index contributed by atoms with van der Waals surface area (Å²) in [5.74, 6) is -0.805. The van der Waals surface area contributed by atoms with Crippen LogP contribution in [0.4, 0.5) is 14.9 Å². The number of aromatic nitrogens is 2. The van der Waals surface area contributed by atoms with Gasteiger partial charge in [0.1, 0.15) is 11.9 Å². The van der Waals surface area contributed by atoms with E-state index >= 15 is 0 Å². The van der Waals surface area contributed by atoms with Crippen molar-refractivity contribution in [2.45, 2.75) is 13.0 Å². The van der Waals surface area contributed by atoms with Crippen molar-refractivity contribution < 1.29 is 23.5 Å². The minimum Gasteiger partial charge on any atom is -0.383 e. The number of ether oxygens (including phenoxy) is 2. The van der Waals surface area contributed by atoms with Crippen LogP contribution in [0.25, 0.3) is 5.69 Å². The van der Waals surface area contributed by atoms with E-state index in [-0.39, 0.29) is 30.1 Å². The Morgan fingerprint density at radius 2 is 2.14 bits per heavy atom. The lowest BCUT2D eigenvalue weighted by molar-refractivity contribution is -0.118. The number of hydrogen-bond acceptors (Lipinski definition) is 6. The molecule has 1 heterocycles. The van der Waals surface area contributed by atoms with E-state index < -0.39 is 29.2 Å². The van der Waals surface area contributed by atoms with Crippen LogP contribution in [-0.2, 0) is 14.3 Å². The van der Waals surface area contributed by atoms with Gasteiger partial charge < -0.3 is 24.9 Å². The maximum absolute atomic E-state index is 14.4. The zero-order valence-corrected chi connectivity index (χ0v) is 15.9. The van der Waals surface area contributed by atoms with Crippen LogP contribution < -0.4 is 21.9 Å². The molecular formula is C18H21FN4O6. The third-order valence-corrected chi connectivity index (χ3v) is 3.82. The van der Waals surface area contributed by atoms with Crippen molar-refractivity contribution in [2.75, 3.05) is 32.2 Å². The smallest absolute Gasteiger partial charge is 0.332 e. The van der Waals surface area contributed by atoms with Crippen LogP contribution in [0.1, 0.15) is 18.6 Å². The fourth-order valence-corrected chi connectivity index (χ4v) is 2.45. The van der Waals surface area contributed by atoms with Crippen LogP contribution in [0.3, 0.4) is 0 Å². The molecule has 0 aliphatic carbocycles. The first kappa shape index (κ1) is 22.0. The Hall–Kier alpha value is -3.31. The molecule has 1 atom stereocenters. The second kappa shape index (κ2) is 10.3. The molecule has 0 fully saturated rings. The van der Waals surface area contributed by atoms with Crippen LogP contribution in [0.15, 0.2) is 34.0 Å². The molecule has 0 bridgehead atoms. The number of benzene rings is 1. The van der Waals surface area contributed by atoms with Crippen LogP contribution in [-0.4, -0.2) is 48.7 Å². The molecule has 2 rings (SSSR count). The third kappa shape index (κ3) is 5.59. The molecule has 1 unspecified atom stereocenters. The number of H-pyrrole nitrogens is 1. The number of carbonyl (C=O) groups excluding carboxylic acids is 2. The molecule has 2 aromatic rings. The summed E-state index contributed by atoms with van der Waals surface area (Å²) >= 11 is 0. The minimum atomic E-state index is -1.17. The second-order valence-corrected chi connectivity index (χ2v) is 5.76. The summed E-state index contributed by atoms with van der Waals surface area (Å²) in [5, 5.41) is 4.81. The Morgan fingerprint density at radius 1 is 1.38 bits per heavy atom. The number of aromatic amines is 1. The number of nitrogens with one attached hydrogen (secondary N) is 3. The fourth-order valence-electron chi connectivity index (χ4n) is 2.45. The van der Waals surface area contributed by atoms with E-state index in [0.29, 0.717) is 12.9 Å². The van der Waals surface area contributed by atoms with Gasteiger partial charge in [-0.1, -0.05) is 0 Å². The van der Waals surface area contributed by atoms with Crippen molar-refractivity contribution in [1.82, 2.24) is 14.9 Å². The molecule has 0 spiro atoms. The molecule has 156 valence electrons. The number of hydrogen-bond donors (Lipinski definition) is 3. The number of nitrogens with zero attached hydrogens (tertiary/aromatic N) is 1. The average molecular weight is 408 g/mol. The monoisotopic (exact) mass is 408 g/mol.